The highest BCUT2D eigenvalue weighted by Gasteiger charge is 2.46. The van der Waals surface area contributed by atoms with Crippen molar-refractivity contribution < 1.29 is 13.3 Å². The first-order valence-corrected chi connectivity index (χ1v) is 44.3. The molecule has 0 unspecified atom stereocenters. The van der Waals surface area contributed by atoms with Crippen molar-refractivity contribution in [3.63, 3.8) is 0 Å². The average Bonchev–Trinajstić information content (AvgIpc) is 1.53. The van der Waals surface area contributed by atoms with E-state index in [2.05, 4.69) is 390 Å². The summed E-state index contributed by atoms with van der Waals surface area (Å²) in [5.74, 6) is 0. The summed E-state index contributed by atoms with van der Waals surface area (Å²) in [5, 5.41) is 24.2. The molecule has 4 aliphatic carbocycles. The Morgan fingerprint density at radius 1 is 0.206 bits per heavy atom. The van der Waals surface area contributed by atoms with Gasteiger partial charge in [0.25, 0.3) is 0 Å². The summed E-state index contributed by atoms with van der Waals surface area (Å²) in [4.78, 5) is 0. The van der Waals surface area contributed by atoms with Gasteiger partial charge in [0.1, 0.15) is 33.5 Å². The zero-order valence-corrected chi connectivity index (χ0v) is 71.6. The lowest BCUT2D eigenvalue weighted by atomic mass is 9.68. The normalized spacial score (nSPS) is 13.9. The highest BCUT2D eigenvalue weighted by atomic mass is 32.1. The SMILES string of the molecule is CC1(C)c2ccccc2-c2c(Nc3ccc4c(c3)sc3ccccc34)cccc21.CC1(C)c2ccccc2-c2cc(Nc3cccc4oc5ccccc5c34)ccc21.CC1(C)c2ccccc2-c2ccc(Nc3cccc4oc5ccccc5c34)cc21.c1ccc(C2(c3ccccc3)c3ccccc3-c3cc(Nc4cccc5oc6ccccc6c45)ccc32)cc1. The third-order valence-electron chi connectivity index (χ3n) is 26.9. The minimum atomic E-state index is -0.381. The molecule has 0 bridgehead atoms. The van der Waals surface area contributed by atoms with Gasteiger partial charge in [0, 0.05) is 86.6 Å². The number of nitrogens with one attached hydrogen (secondary N) is 4. The monoisotopic (exact) mass is 1640 g/mol. The quantitative estimate of drug-likeness (QED) is 0.109. The van der Waals surface area contributed by atoms with Crippen LogP contribution in [0.1, 0.15) is 97.2 Å². The fourth-order valence-electron chi connectivity index (χ4n) is 21.0. The second kappa shape index (κ2) is 29.8. The van der Waals surface area contributed by atoms with Crippen LogP contribution in [0.5, 0.6) is 0 Å². The topological polar surface area (TPSA) is 87.5 Å². The molecule has 126 heavy (non-hydrogen) atoms. The molecule has 4 N–H and O–H groups in total. The number of hydrogen-bond acceptors (Lipinski definition) is 8. The number of rotatable bonds is 10. The van der Waals surface area contributed by atoms with Gasteiger partial charge in [-0.3, -0.25) is 0 Å². The molecule has 0 aliphatic heterocycles. The van der Waals surface area contributed by atoms with Crippen molar-refractivity contribution in [1.29, 1.82) is 0 Å². The molecule has 26 rings (SSSR count). The Morgan fingerprint density at radius 3 is 1.08 bits per heavy atom. The zero-order valence-electron chi connectivity index (χ0n) is 70.7. The smallest absolute Gasteiger partial charge is 0.137 e. The van der Waals surface area contributed by atoms with E-state index >= 15 is 0 Å². The summed E-state index contributed by atoms with van der Waals surface area (Å²) in [6.07, 6.45) is 0. The minimum absolute atomic E-state index is 0.00202. The summed E-state index contributed by atoms with van der Waals surface area (Å²) in [6, 6.07) is 143. The maximum absolute atomic E-state index is 6.14. The maximum Gasteiger partial charge on any atom is 0.137 e. The zero-order chi connectivity index (χ0) is 84.6. The number of anilines is 8. The van der Waals surface area contributed by atoms with Gasteiger partial charge in [-0.15, -0.1) is 11.3 Å². The van der Waals surface area contributed by atoms with Crippen LogP contribution in [-0.2, 0) is 21.7 Å². The first-order chi connectivity index (χ1) is 61.7. The Labute approximate surface area is 735 Å². The van der Waals surface area contributed by atoms with E-state index < -0.39 is 0 Å². The lowest BCUT2D eigenvalue weighted by Gasteiger charge is -2.33. The number of para-hydroxylation sites is 3. The minimum Gasteiger partial charge on any atom is -0.456 e. The summed E-state index contributed by atoms with van der Waals surface area (Å²) in [5.41, 5.74) is 37.9. The summed E-state index contributed by atoms with van der Waals surface area (Å²) >= 11 is 1.86. The fourth-order valence-corrected chi connectivity index (χ4v) is 22.2. The predicted octanol–water partition coefficient (Wildman–Crippen LogP) is 33.1. The molecular weight excluding hydrogens is 1550 g/mol. The van der Waals surface area contributed by atoms with Crippen LogP contribution in [0.4, 0.5) is 45.5 Å². The van der Waals surface area contributed by atoms with E-state index in [1.807, 2.05) is 84.1 Å². The van der Waals surface area contributed by atoms with Gasteiger partial charge in [-0.2, -0.15) is 0 Å². The van der Waals surface area contributed by atoms with Crippen LogP contribution >= 0.6 is 11.3 Å². The predicted molar refractivity (Wildman–Crippen MR) is 529 cm³/mol. The maximum atomic E-state index is 6.14. The van der Waals surface area contributed by atoms with Gasteiger partial charge in [-0.25, -0.2) is 0 Å². The van der Waals surface area contributed by atoms with E-state index in [1.165, 1.54) is 126 Å². The Morgan fingerprint density at radius 2 is 0.532 bits per heavy atom. The van der Waals surface area contributed by atoms with Crippen molar-refractivity contribution in [3.05, 3.63) is 456 Å². The molecule has 4 aromatic heterocycles. The third-order valence-corrected chi connectivity index (χ3v) is 28.1. The van der Waals surface area contributed by atoms with Crippen molar-refractivity contribution in [2.24, 2.45) is 0 Å². The molecule has 0 saturated carbocycles. The van der Waals surface area contributed by atoms with Crippen LogP contribution in [0.15, 0.2) is 414 Å². The number of fused-ring (bicyclic) bond motifs is 24. The van der Waals surface area contributed by atoms with Crippen molar-refractivity contribution in [2.75, 3.05) is 21.3 Å². The molecule has 0 radical (unpaired) electrons. The van der Waals surface area contributed by atoms with Gasteiger partial charge in [-0.1, -0.05) is 327 Å². The number of benzene rings is 18. The van der Waals surface area contributed by atoms with Crippen molar-refractivity contribution in [1.82, 2.24) is 0 Å². The Balaban J connectivity index is 0.0000000975. The van der Waals surface area contributed by atoms with Gasteiger partial charge >= 0.3 is 0 Å². The van der Waals surface area contributed by atoms with Crippen molar-refractivity contribution in [2.45, 2.75) is 63.2 Å². The molecule has 8 heteroatoms. The molecule has 4 aliphatic rings. The molecule has 0 saturated heterocycles. The molecule has 0 fully saturated rings. The van der Waals surface area contributed by atoms with Gasteiger partial charge in [0.15, 0.2) is 0 Å². The number of furan rings is 3. The molecular formula is C118H88N4O3S. The number of thiophene rings is 1. The highest BCUT2D eigenvalue weighted by Crippen LogP contribution is 2.59. The van der Waals surface area contributed by atoms with Crippen LogP contribution in [0, 0.1) is 0 Å². The Hall–Kier alpha value is -15.2. The lowest BCUT2D eigenvalue weighted by molar-refractivity contribution is 0.660. The first-order valence-electron chi connectivity index (χ1n) is 43.5. The Kier molecular flexibility index (Phi) is 17.9. The lowest BCUT2D eigenvalue weighted by Crippen LogP contribution is -2.28. The summed E-state index contributed by atoms with van der Waals surface area (Å²) in [6.45, 7) is 13.9. The standard InChI is InChI=1S/C37H25NO.2C27H21NO.C27H21NS/c1-3-12-25(13-4-1)37(26-14-5-2-6-15-26)31-18-9-7-16-28(31)30-24-27(22-23-32(30)37)38-33-19-11-21-35-36(33)29-17-8-10-20-34(29)39-35;1-27(2)21-10-5-3-8-18(21)19-15-14-17(16-22(19)27)28-23-11-7-13-25-26(23)20-9-4-6-12-24(20)29-25;1-27(2)21-10-5-3-8-18(21)20-16-17(14-15-22(20)27)28-23-11-7-13-25-26(23)19-9-4-6-12-24(19)29-25;1-27(2)21-10-5-3-9-20(21)26-22(27)11-7-12-23(26)28-17-14-15-19-18-8-4-6-13-24(18)29-25(19)16-17/h1-24,38H;3*3-16,28H,1-2H3. The molecule has 0 spiro atoms. The fraction of sp³-hybridized carbons (Fsp3) is 0.0847. The summed E-state index contributed by atoms with van der Waals surface area (Å²) < 4.78 is 20.9. The second-order valence-corrected chi connectivity index (χ2v) is 36.3. The van der Waals surface area contributed by atoms with Gasteiger partial charge in [0.05, 0.1) is 38.6 Å². The molecule has 4 heterocycles. The largest absolute Gasteiger partial charge is 0.456 e. The molecule has 604 valence electrons. The second-order valence-electron chi connectivity index (χ2n) is 35.2. The van der Waals surface area contributed by atoms with E-state index in [0.717, 1.165) is 106 Å². The van der Waals surface area contributed by atoms with E-state index in [9.17, 15) is 0 Å². The molecule has 7 nitrogen and oxygen atoms in total. The van der Waals surface area contributed by atoms with Crippen molar-refractivity contribution >= 4 is 143 Å². The van der Waals surface area contributed by atoms with Crippen LogP contribution in [-0.4, -0.2) is 0 Å². The van der Waals surface area contributed by atoms with Crippen LogP contribution in [0.3, 0.4) is 0 Å². The van der Waals surface area contributed by atoms with Gasteiger partial charge in [-0.05, 0) is 210 Å². The Bertz CT molecular complexity index is 8060. The van der Waals surface area contributed by atoms with Gasteiger partial charge < -0.3 is 34.5 Å². The average molecular weight is 1640 g/mol. The highest BCUT2D eigenvalue weighted by molar-refractivity contribution is 7.25. The number of hydrogen-bond donors (Lipinski definition) is 4. The van der Waals surface area contributed by atoms with Crippen molar-refractivity contribution in [3.8, 4) is 44.5 Å². The van der Waals surface area contributed by atoms with Crippen LogP contribution < -0.4 is 21.3 Å². The van der Waals surface area contributed by atoms with E-state index in [-0.39, 0.29) is 21.7 Å². The molecule has 22 aromatic rings. The summed E-state index contributed by atoms with van der Waals surface area (Å²) in [7, 11) is 0. The molecule has 18 aromatic carbocycles. The van der Waals surface area contributed by atoms with E-state index in [4.69, 9.17) is 13.3 Å². The van der Waals surface area contributed by atoms with Gasteiger partial charge in [0.2, 0.25) is 0 Å². The van der Waals surface area contributed by atoms with E-state index in [0.29, 0.717) is 0 Å². The van der Waals surface area contributed by atoms with Crippen LogP contribution in [0.25, 0.3) is 130 Å². The third kappa shape index (κ3) is 12.3. The van der Waals surface area contributed by atoms with Crippen LogP contribution in [0.2, 0.25) is 0 Å². The molecule has 0 amide bonds. The molecule has 0 atom stereocenters. The van der Waals surface area contributed by atoms with E-state index in [1.54, 1.807) is 0 Å². The first kappa shape index (κ1) is 75.7.